The lowest BCUT2D eigenvalue weighted by Gasteiger charge is -2.29. The van der Waals surface area contributed by atoms with E-state index in [-0.39, 0.29) is 5.43 Å². The molecule has 0 unspecified atom stereocenters. The summed E-state index contributed by atoms with van der Waals surface area (Å²) in [7, 11) is 0. The molecule has 0 atom stereocenters. The Labute approximate surface area is 191 Å². The van der Waals surface area contributed by atoms with E-state index in [2.05, 4.69) is 38.6 Å². The van der Waals surface area contributed by atoms with Crippen molar-refractivity contribution in [3.05, 3.63) is 70.2 Å². The third-order valence-corrected chi connectivity index (χ3v) is 7.13. The average Bonchev–Trinajstić information content (AvgIpc) is 3.48. The van der Waals surface area contributed by atoms with E-state index in [4.69, 9.17) is 13.6 Å². The summed E-state index contributed by atoms with van der Waals surface area (Å²) in [5.74, 6) is 2.21. The SMILES string of the molecule is CSN1CCC(COc2coc(CN3Cc4ccc(-c5cnco5)cc4C3)cc2=O)CC1. The third-order valence-electron chi connectivity index (χ3n) is 6.25. The molecular weight excluding hydrogens is 426 g/mol. The zero-order valence-electron chi connectivity index (χ0n) is 18.2. The Bertz CT molecular complexity index is 1110. The minimum Gasteiger partial charge on any atom is -0.486 e. The molecule has 8 heteroatoms. The van der Waals surface area contributed by atoms with Gasteiger partial charge in [0, 0.05) is 37.8 Å². The number of aromatic nitrogens is 1. The first-order valence-corrected chi connectivity index (χ1v) is 12.1. The second kappa shape index (κ2) is 9.52. The van der Waals surface area contributed by atoms with Gasteiger partial charge in [0.2, 0.25) is 11.2 Å². The Hall–Kier alpha value is -2.55. The van der Waals surface area contributed by atoms with Gasteiger partial charge in [0.25, 0.3) is 0 Å². The van der Waals surface area contributed by atoms with Crippen molar-refractivity contribution in [1.29, 1.82) is 0 Å². The summed E-state index contributed by atoms with van der Waals surface area (Å²) in [5.41, 5.74) is 3.45. The van der Waals surface area contributed by atoms with Gasteiger partial charge >= 0.3 is 0 Å². The second-order valence-electron chi connectivity index (χ2n) is 8.44. The van der Waals surface area contributed by atoms with Crippen molar-refractivity contribution >= 4 is 11.9 Å². The molecule has 2 aliphatic heterocycles. The molecule has 3 aromatic rings. The summed E-state index contributed by atoms with van der Waals surface area (Å²) in [6.45, 7) is 4.91. The smallest absolute Gasteiger partial charge is 0.227 e. The van der Waals surface area contributed by atoms with Crippen LogP contribution in [0.1, 0.15) is 29.7 Å². The largest absolute Gasteiger partial charge is 0.486 e. The van der Waals surface area contributed by atoms with E-state index >= 15 is 0 Å². The molecule has 32 heavy (non-hydrogen) atoms. The van der Waals surface area contributed by atoms with Gasteiger partial charge < -0.3 is 13.6 Å². The fourth-order valence-electron chi connectivity index (χ4n) is 4.40. The van der Waals surface area contributed by atoms with Gasteiger partial charge in [-0.1, -0.05) is 24.1 Å². The van der Waals surface area contributed by atoms with Crippen LogP contribution in [0.5, 0.6) is 5.75 Å². The summed E-state index contributed by atoms with van der Waals surface area (Å²) in [6, 6.07) is 7.89. The first kappa shape index (κ1) is 21.3. The van der Waals surface area contributed by atoms with Gasteiger partial charge in [-0.2, -0.15) is 0 Å². The molecule has 0 N–H and O–H groups in total. The minimum atomic E-state index is -0.114. The number of benzene rings is 1. The second-order valence-corrected chi connectivity index (χ2v) is 9.32. The molecule has 2 aromatic heterocycles. The van der Waals surface area contributed by atoms with Gasteiger partial charge in [0.15, 0.2) is 12.2 Å². The molecule has 0 amide bonds. The first-order valence-electron chi connectivity index (χ1n) is 10.9. The lowest BCUT2D eigenvalue weighted by atomic mass is 9.99. The normalized spacial score (nSPS) is 17.5. The van der Waals surface area contributed by atoms with Crippen LogP contribution in [-0.2, 0) is 19.6 Å². The number of hydrogen-bond donors (Lipinski definition) is 0. The number of hydrogen-bond acceptors (Lipinski definition) is 8. The summed E-state index contributed by atoms with van der Waals surface area (Å²) in [5, 5.41) is 0. The molecule has 1 fully saturated rings. The Morgan fingerprint density at radius 1 is 1.16 bits per heavy atom. The predicted molar refractivity (Wildman–Crippen MR) is 123 cm³/mol. The Balaban J connectivity index is 1.16. The summed E-state index contributed by atoms with van der Waals surface area (Å²) < 4.78 is 19.3. The highest BCUT2D eigenvalue weighted by atomic mass is 32.2. The molecule has 7 nitrogen and oxygen atoms in total. The fraction of sp³-hybridized carbons (Fsp3) is 0.417. The Morgan fingerprint density at radius 3 is 2.75 bits per heavy atom. The highest BCUT2D eigenvalue weighted by Crippen LogP contribution is 2.29. The molecular formula is C24H27N3O4S. The van der Waals surface area contributed by atoms with E-state index in [0.717, 1.165) is 50.3 Å². The number of piperidine rings is 1. The van der Waals surface area contributed by atoms with Gasteiger partial charge in [-0.05, 0) is 42.2 Å². The average molecular weight is 454 g/mol. The van der Waals surface area contributed by atoms with Gasteiger partial charge in [-0.15, -0.1) is 0 Å². The van der Waals surface area contributed by atoms with Gasteiger partial charge in [0.1, 0.15) is 12.0 Å². The van der Waals surface area contributed by atoms with Crippen LogP contribution in [0, 0.1) is 5.92 Å². The van der Waals surface area contributed by atoms with Crippen molar-refractivity contribution in [2.75, 3.05) is 26.0 Å². The summed E-state index contributed by atoms with van der Waals surface area (Å²) in [4.78, 5) is 18.8. The highest BCUT2D eigenvalue weighted by Gasteiger charge is 2.22. The maximum absolute atomic E-state index is 12.5. The molecule has 0 bridgehead atoms. The standard InChI is InChI=1S/C24H27N3O4S/c1-32-27-6-4-17(5-7-27)14-30-24-15-29-21(9-22(24)28)13-26-11-19-3-2-18(8-20(19)12-26)23-10-25-16-31-23/h2-3,8-10,15-17H,4-7,11-14H2,1H3. The van der Waals surface area contributed by atoms with Gasteiger partial charge in [0.05, 0.1) is 19.3 Å². The number of rotatable bonds is 7. The molecule has 0 saturated carbocycles. The van der Waals surface area contributed by atoms with Crippen LogP contribution in [0.3, 0.4) is 0 Å². The summed E-state index contributed by atoms with van der Waals surface area (Å²) >= 11 is 1.79. The monoisotopic (exact) mass is 453 g/mol. The fourth-order valence-corrected chi connectivity index (χ4v) is 4.98. The van der Waals surface area contributed by atoms with Crippen LogP contribution in [0.15, 0.2) is 56.7 Å². The third kappa shape index (κ3) is 4.77. The topological polar surface area (TPSA) is 72.0 Å². The van der Waals surface area contributed by atoms with E-state index in [1.165, 1.54) is 23.8 Å². The van der Waals surface area contributed by atoms with E-state index < -0.39 is 0 Å². The molecule has 0 radical (unpaired) electrons. The number of oxazole rings is 1. The van der Waals surface area contributed by atoms with E-state index in [1.54, 1.807) is 24.2 Å². The van der Waals surface area contributed by atoms with Crippen molar-refractivity contribution in [1.82, 2.24) is 14.2 Å². The van der Waals surface area contributed by atoms with E-state index in [0.29, 0.717) is 30.6 Å². The van der Waals surface area contributed by atoms with Crippen LogP contribution in [-0.4, -0.2) is 40.1 Å². The molecule has 0 spiro atoms. The van der Waals surface area contributed by atoms with Crippen molar-refractivity contribution in [2.45, 2.75) is 32.5 Å². The van der Waals surface area contributed by atoms with Gasteiger partial charge in [-0.25, -0.2) is 4.98 Å². The molecule has 5 rings (SSSR count). The molecule has 168 valence electrons. The molecule has 4 heterocycles. The quantitative estimate of drug-likeness (QED) is 0.494. The lowest BCUT2D eigenvalue weighted by Crippen LogP contribution is -2.31. The van der Waals surface area contributed by atoms with Crippen LogP contribution >= 0.6 is 11.9 Å². The lowest BCUT2D eigenvalue weighted by molar-refractivity contribution is 0.184. The number of fused-ring (bicyclic) bond motifs is 1. The Morgan fingerprint density at radius 2 is 2.00 bits per heavy atom. The highest BCUT2D eigenvalue weighted by molar-refractivity contribution is 7.96. The molecule has 0 aliphatic carbocycles. The van der Waals surface area contributed by atoms with Crippen molar-refractivity contribution in [3.63, 3.8) is 0 Å². The van der Waals surface area contributed by atoms with E-state index in [9.17, 15) is 4.79 Å². The maximum atomic E-state index is 12.5. The van der Waals surface area contributed by atoms with Crippen LogP contribution < -0.4 is 10.2 Å². The van der Waals surface area contributed by atoms with Crippen molar-refractivity contribution < 1.29 is 13.6 Å². The first-order chi connectivity index (χ1) is 15.7. The summed E-state index contributed by atoms with van der Waals surface area (Å²) in [6.07, 6.45) is 8.94. The molecule has 1 aromatic carbocycles. The predicted octanol–water partition coefficient (Wildman–Crippen LogP) is 4.18. The van der Waals surface area contributed by atoms with Crippen molar-refractivity contribution in [2.24, 2.45) is 5.92 Å². The van der Waals surface area contributed by atoms with Crippen LogP contribution in [0.4, 0.5) is 0 Å². The van der Waals surface area contributed by atoms with Gasteiger partial charge in [-0.3, -0.25) is 14.0 Å². The number of nitrogens with zero attached hydrogens (tertiary/aromatic N) is 3. The molecule has 1 saturated heterocycles. The minimum absolute atomic E-state index is 0.114. The van der Waals surface area contributed by atoms with Crippen molar-refractivity contribution in [3.8, 4) is 17.1 Å². The maximum Gasteiger partial charge on any atom is 0.227 e. The Kier molecular flexibility index (Phi) is 6.34. The van der Waals surface area contributed by atoms with Crippen LogP contribution in [0.25, 0.3) is 11.3 Å². The zero-order chi connectivity index (χ0) is 21.9. The molecule has 2 aliphatic rings. The van der Waals surface area contributed by atoms with Crippen LogP contribution in [0.2, 0.25) is 0 Å². The zero-order valence-corrected chi connectivity index (χ0v) is 19.0. The van der Waals surface area contributed by atoms with E-state index in [1.807, 2.05) is 0 Å². The number of ether oxygens (including phenoxy) is 1.